The predicted octanol–water partition coefficient (Wildman–Crippen LogP) is 2.82. The van der Waals surface area contributed by atoms with Gasteiger partial charge in [-0.3, -0.25) is 14.4 Å². The second-order valence-electron chi connectivity index (χ2n) is 9.25. The van der Waals surface area contributed by atoms with Crippen molar-refractivity contribution in [1.29, 1.82) is 0 Å². The Labute approximate surface area is 215 Å². The lowest BCUT2D eigenvalue weighted by Crippen LogP contribution is -2.58. The van der Waals surface area contributed by atoms with Crippen LogP contribution in [-0.2, 0) is 16.0 Å². The van der Waals surface area contributed by atoms with Crippen LogP contribution in [0.3, 0.4) is 0 Å². The summed E-state index contributed by atoms with van der Waals surface area (Å²) in [6.07, 6.45) is 0.0755. The van der Waals surface area contributed by atoms with E-state index in [9.17, 15) is 23.9 Å². The van der Waals surface area contributed by atoms with Crippen LogP contribution in [0.15, 0.2) is 61.2 Å². The molecule has 0 spiro atoms. The predicted molar refractivity (Wildman–Crippen MR) is 139 cm³/mol. The van der Waals surface area contributed by atoms with Crippen molar-refractivity contribution in [2.75, 3.05) is 12.4 Å². The molecule has 0 aromatic heterocycles. The van der Waals surface area contributed by atoms with Crippen LogP contribution in [-0.4, -0.2) is 63.1 Å². The molecule has 3 atom stereocenters. The lowest BCUT2D eigenvalue weighted by atomic mass is 9.96. The summed E-state index contributed by atoms with van der Waals surface area (Å²) in [6.45, 7) is 9.08. The summed E-state index contributed by atoms with van der Waals surface area (Å²) >= 11 is 1.43. The van der Waals surface area contributed by atoms with E-state index >= 15 is 0 Å². The molecule has 1 fully saturated rings. The van der Waals surface area contributed by atoms with Gasteiger partial charge in [-0.1, -0.05) is 42.5 Å². The van der Waals surface area contributed by atoms with E-state index in [0.717, 1.165) is 5.56 Å². The largest absolute Gasteiger partial charge is 0.381 e. The van der Waals surface area contributed by atoms with Crippen molar-refractivity contribution in [3.8, 4) is 0 Å². The van der Waals surface area contributed by atoms with E-state index in [2.05, 4.69) is 17.2 Å². The molecule has 3 amide bonds. The van der Waals surface area contributed by atoms with Crippen molar-refractivity contribution in [1.82, 2.24) is 15.5 Å². The highest BCUT2D eigenvalue weighted by Gasteiger charge is 2.49. The number of hydrogen-bond donors (Lipinski definition) is 3. The van der Waals surface area contributed by atoms with Gasteiger partial charge in [0.1, 0.15) is 11.9 Å². The summed E-state index contributed by atoms with van der Waals surface area (Å²) in [7, 11) is 0. The number of carbonyl (C=O) groups excluding carboxylic acids is 3. The molecule has 1 aliphatic heterocycles. The highest BCUT2D eigenvalue weighted by atomic mass is 32.2. The van der Waals surface area contributed by atoms with Crippen LogP contribution in [0.25, 0.3) is 0 Å². The molecule has 1 heterocycles. The molecule has 1 aliphatic rings. The second kappa shape index (κ2) is 11.7. The van der Waals surface area contributed by atoms with Gasteiger partial charge in [0.05, 0.1) is 11.9 Å². The Morgan fingerprint density at radius 3 is 2.58 bits per heavy atom. The first kappa shape index (κ1) is 27.4. The Hall–Kier alpha value is -3.17. The molecule has 3 unspecified atom stereocenters. The van der Waals surface area contributed by atoms with Gasteiger partial charge in [-0.25, -0.2) is 4.39 Å². The van der Waals surface area contributed by atoms with Gasteiger partial charge < -0.3 is 20.6 Å². The molecule has 2 aromatic rings. The monoisotopic (exact) mass is 513 g/mol. The van der Waals surface area contributed by atoms with Crippen LogP contribution in [0.2, 0.25) is 0 Å². The third-order valence-electron chi connectivity index (χ3n) is 6.26. The van der Waals surface area contributed by atoms with Crippen LogP contribution in [0.5, 0.6) is 0 Å². The minimum absolute atomic E-state index is 0.118. The fourth-order valence-corrected chi connectivity index (χ4v) is 5.37. The van der Waals surface area contributed by atoms with Crippen LogP contribution < -0.4 is 10.6 Å². The molecule has 3 N–H and O–H groups in total. The Morgan fingerprint density at radius 2 is 1.92 bits per heavy atom. The van der Waals surface area contributed by atoms with Crippen molar-refractivity contribution in [3.63, 3.8) is 0 Å². The van der Waals surface area contributed by atoms with Crippen LogP contribution >= 0.6 is 11.8 Å². The number of nitrogens with one attached hydrogen (secondary N) is 2. The fraction of sp³-hybridized carbons (Fsp3) is 0.370. The number of nitrogens with zero attached hydrogens (tertiary/aromatic N) is 1. The van der Waals surface area contributed by atoms with Gasteiger partial charge in [-0.2, -0.15) is 0 Å². The molecule has 192 valence electrons. The molecule has 2 aromatic carbocycles. The molecular weight excluding hydrogens is 481 g/mol. The molecule has 7 nitrogen and oxygen atoms in total. The first-order valence-electron chi connectivity index (χ1n) is 11.7. The quantitative estimate of drug-likeness (QED) is 0.448. The fourth-order valence-electron chi connectivity index (χ4n) is 4.23. The standard InChI is InChI=1S/C27H32FN3O4S/c1-5-14-29-25(34)23-27(3,4)36-16-31(23)26(35)22(32)21(15-18-10-7-6-8-11-18)30-24(33)19-12-9-13-20(28)17(19)2/h5-13,21-23,32H,1,14-16H2,2-4H3,(H,29,34)(H,30,33). The topological polar surface area (TPSA) is 98.7 Å². The van der Waals surface area contributed by atoms with Crippen LogP contribution in [0, 0.1) is 12.7 Å². The van der Waals surface area contributed by atoms with E-state index in [1.165, 1.54) is 41.8 Å². The Kier molecular flexibility index (Phi) is 8.92. The number of thioether (sulfide) groups is 1. The molecule has 0 saturated carbocycles. The Balaban J connectivity index is 1.88. The van der Waals surface area contributed by atoms with E-state index in [4.69, 9.17) is 0 Å². The molecule has 0 radical (unpaired) electrons. The van der Waals surface area contributed by atoms with Crippen molar-refractivity contribution < 1.29 is 23.9 Å². The average Bonchev–Trinajstić information content (AvgIpc) is 3.18. The van der Waals surface area contributed by atoms with E-state index < -0.39 is 40.6 Å². The van der Waals surface area contributed by atoms with Crippen LogP contribution in [0.1, 0.15) is 35.3 Å². The van der Waals surface area contributed by atoms with Crippen molar-refractivity contribution in [3.05, 3.63) is 83.7 Å². The van der Waals surface area contributed by atoms with Gasteiger partial charge in [-0.15, -0.1) is 18.3 Å². The summed E-state index contributed by atoms with van der Waals surface area (Å²) in [5.74, 6) is -1.92. The van der Waals surface area contributed by atoms with Gasteiger partial charge >= 0.3 is 0 Å². The molecular formula is C27H32FN3O4S. The maximum Gasteiger partial charge on any atom is 0.254 e. The molecule has 3 rings (SSSR count). The summed E-state index contributed by atoms with van der Waals surface area (Å²) in [5, 5.41) is 16.7. The maximum atomic E-state index is 14.1. The van der Waals surface area contributed by atoms with Crippen molar-refractivity contribution in [2.45, 2.75) is 50.1 Å². The van der Waals surface area contributed by atoms with Gasteiger partial charge in [0.25, 0.3) is 11.8 Å². The molecule has 36 heavy (non-hydrogen) atoms. The van der Waals surface area contributed by atoms with E-state index in [1.54, 1.807) is 6.08 Å². The minimum Gasteiger partial charge on any atom is -0.381 e. The normalized spacial score (nSPS) is 18.2. The molecule has 9 heteroatoms. The van der Waals surface area contributed by atoms with E-state index in [0.29, 0.717) is 0 Å². The van der Waals surface area contributed by atoms with Gasteiger partial charge in [0, 0.05) is 16.9 Å². The van der Waals surface area contributed by atoms with Crippen molar-refractivity contribution in [2.24, 2.45) is 0 Å². The third kappa shape index (κ3) is 6.14. The van der Waals surface area contributed by atoms with Crippen molar-refractivity contribution >= 4 is 29.5 Å². The highest BCUT2D eigenvalue weighted by molar-refractivity contribution is 8.00. The van der Waals surface area contributed by atoms with E-state index in [-0.39, 0.29) is 35.9 Å². The number of halogens is 1. The number of benzene rings is 2. The first-order chi connectivity index (χ1) is 17.1. The zero-order valence-corrected chi connectivity index (χ0v) is 21.5. The number of amides is 3. The smallest absolute Gasteiger partial charge is 0.254 e. The van der Waals surface area contributed by atoms with Gasteiger partial charge in [0.15, 0.2) is 6.10 Å². The zero-order chi connectivity index (χ0) is 26.5. The molecule has 0 bridgehead atoms. The zero-order valence-electron chi connectivity index (χ0n) is 20.7. The lowest BCUT2D eigenvalue weighted by molar-refractivity contribution is -0.147. The summed E-state index contributed by atoms with van der Waals surface area (Å²) in [4.78, 5) is 40.9. The Morgan fingerprint density at radius 1 is 1.22 bits per heavy atom. The van der Waals surface area contributed by atoms with Gasteiger partial charge in [-0.05, 0) is 50.5 Å². The SMILES string of the molecule is C=CCNC(=O)C1N(C(=O)C(O)C(Cc2ccccc2)NC(=O)c2cccc(F)c2C)CSC1(C)C. The summed E-state index contributed by atoms with van der Waals surface area (Å²) in [5.41, 5.74) is 1.08. The van der Waals surface area contributed by atoms with Gasteiger partial charge in [0.2, 0.25) is 5.91 Å². The highest BCUT2D eigenvalue weighted by Crippen LogP contribution is 2.39. The van der Waals surface area contributed by atoms with E-state index in [1.807, 2.05) is 44.2 Å². The number of aliphatic hydroxyl groups is 1. The number of aliphatic hydroxyl groups excluding tert-OH is 1. The molecule has 1 saturated heterocycles. The maximum absolute atomic E-state index is 14.1. The number of rotatable bonds is 9. The summed E-state index contributed by atoms with van der Waals surface area (Å²) < 4.78 is 13.5. The number of carbonyl (C=O) groups is 3. The minimum atomic E-state index is -1.63. The first-order valence-corrected chi connectivity index (χ1v) is 12.7. The Bertz CT molecular complexity index is 1130. The number of hydrogen-bond acceptors (Lipinski definition) is 5. The van der Waals surface area contributed by atoms with Crippen LogP contribution in [0.4, 0.5) is 4.39 Å². The second-order valence-corrected chi connectivity index (χ2v) is 10.8. The average molecular weight is 514 g/mol. The molecule has 0 aliphatic carbocycles. The summed E-state index contributed by atoms with van der Waals surface area (Å²) in [6, 6.07) is 11.5. The third-order valence-corrected chi connectivity index (χ3v) is 7.63. The lowest BCUT2D eigenvalue weighted by Gasteiger charge is -2.33.